The number of hydrogen-bond acceptors (Lipinski definition) is 8. The second-order valence-electron chi connectivity index (χ2n) is 7.73. The molecule has 1 saturated carbocycles. The van der Waals surface area contributed by atoms with Crippen molar-refractivity contribution in [2.24, 2.45) is 0 Å². The number of carbonyl (C=O) groups is 1. The van der Waals surface area contributed by atoms with Crippen LogP contribution in [-0.4, -0.2) is 57.9 Å². The zero-order chi connectivity index (χ0) is 21.5. The van der Waals surface area contributed by atoms with E-state index in [0.717, 1.165) is 42.9 Å². The Morgan fingerprint density at radius 3 is 2.90 bits per heavy atom. The first-order chi connectivity index (χ1) is 14.4. The molecule has 0 bridgehead atoms. The molecule has 1 fully saturated rings. The summed E-state index contributed by atoms with van der Waals surface area (Å²) in [5.41, 5.74) is 0.946. The molecule has 1 aliphatic rings. The zero-order valence-corrected chi connectivity index (χ0v) is 19.1. The van der Waals surface area contributed by atoms with Crippen LogP contribution >= 0.6 is 23.1 Å². The molecule has 1 amide bonds. The first-order valence-corrected chi connectivity index (χ1v) is 11.2. The van der Waals surface area contributed by atoms with E-state index in [1.165, 1.54) is 11.5 Å². The molecule has 2 aromatic heterocycles. The van der Waals surface area contributed by atoms with Crippen LogP contribution in [0, 0.1) is 6.92 Å². The van der Waals surface area contributed by atoms with Gasteiger partial charge in [-0.25, -0.2) is 4.98 Å². The maximum atomic E-state index is 12.1. The first-order valence-electron chi connectivity index (χ1n) is 10.00. The molecule has 30 heavy (non-hydrogen) atoms. The Kier molecular flexibility index (Phi) is 8.01. The Labute approximate surface area is 186 Å². The molecule has 2 heterocycles. The number of carbonyl (C=O) groups excluding carboxylic acids is 1. The highest BCUT2D eigenvalue weighted by Crippen LogP contribution is 2.27. The van der Waals surface area contributed by atoms with Gasteiger partial charge in [-0.2, -0.15) is 9.36 Å². The molecule has 2 aromatic rings. The van der Waals surface area contributed by atoms with Crippen LogP contribution < -0.4 is 16.0 Å². The number of rotatable bonds is 8. The number of aromatic nitrogens is 3. The molecule has 0 aromatic carbocycles. The van der Waals surface area contributed by atoms with Crippen molar-refractivity contribution in [2.75, 3.05) is 31.3 Å². The van der Waals surface area contributed by atoms with Gasteiger partial charge in [0.25, 0.3) is 0 Å². The Hall–Kier alpha value is -2.23. The number of aryl methyl sites for hydroxylation is 1. The lowest BCUT2D eigenvalue weighted by atomic mass is 9.91. The van der Waals surface area contributed by atoms with Crippen molar-refractivity contribution < 1.29 is 4.79 Å². The molecule has 10 heteroatoms. The van der Waals surface area contributed by atoms with Crippen molar-refractivity contribution in [1.29, 1.82) is 0 Å². The maximum absolute atomic E-state index is 12.1. The molecule has 0 saturated heterocycles. The summed E-state index contributed by atoms with van der Waals surface area (Å²) in [5, 5.41) is 11.0. The van der Waals surface area contributed by atoms with Gasteiger partial charge >= 0.3 is 0 Å². The molecule has 0 spiro atoms. The van der Waals surface area contributed by atoms with E-state index in [1.54, 1.807) is 12.3 Å². The van der Waals surface area contributed by atoms with Crippen LogP contribution in [0.1, 0.15) is 31.4 Å². The third-order valence-electron chi connectivity index (χ3n) is 4.71. The van der Waals surface area contributed by atoms with Crippen molar-refractivity contribution >= 4 is 45.8 Å². The highest BCUT2D eigenvalue weighted by Gasteiger charge is 2.24. The van der Waals surface area contributed by atoms with Gasteiger partial charge in [0.2, 0.25) is 11.9 Å². The summed E-state index contributed by atoms with van der Waals surface area (Å²) >= 11 is 7.68. The number of anilines is 3. The van der Waals surface area contributed by atoms with Crippen LogP contribution in [0.3, 0.4) is 0 Å². The topological polar surface area (TPSA) is 95.1 Å². The molecule has 162 valence electrons. The van der Waals surface area contributed by atoms with E-state index in [1.807, 2.05) is 38.1 Å². The van der Waals surface area contributed by atoms with Crippen molar-refractivity contribution in [3.05, 3.63) is 35.1 Å². The molecule has 2 unspecified atom stereocenters. The van der Waals surface area contributed by atoms with E-state index < -0.39 is 0 Å². The van der Waals surface area contributed by atoms with E-state index in [-0.39, 0.29) is 18.0 Å². The summed E-state index contributed by atoms with van der Waals surface area (Å²) in [6, 6.07) is 2.25. The van der Waals surface area contributed by atoms with Gasteiger partial charge in [-0.15, -0.1) is 0 Å². The summed E-state index contributed by atoms with van der Waals surface area (Å²) in [4.78, 5) is 22.9. The lowest BCUT2D eigenvalue weighted by molar-refractivity contribution is -0.117. The number of halogens is 1. The average Bonchev–Trinajstić information content (AvgIpc) is 3.09. The minimum absolute atomic E-state index is 0.0473. The second kappa shape index (κ2) is 10.7. The number of hydrogen-bond donors (Lipinski definition) is 3. The third kappa shape index (κ3) is 6.93. The zero-order valence-electron chi connectivity index (χ0n) is 17.5. The molecule has 1 aliphatic carbocycles. The van der Waals surface area contributed by atoms with Gasteiger partial charge in [-0.3, -0.25) is 4.79 Å². The smallest absolute Gasteiger partial charge is 0.243 e. The van der Waals surface area contributed by atoms with Crippen molar-refractivity contribution in [3.63, 3.8) is 0 Å². The molecular formula is C20H28ClN7OS. The van der Waals surface area contributed by atoms with Crippen LogP contribution in [-0.2, 0) is 4.79 Å². The van der Waals surface area contributed by atoms with Crippen LogP contribution in [0.15, 0.2) is 24.4 Å². The molecule has 8 nitrogen and oxygen atoms in total. The summed E-state index contributed by atoms with van der Waals surface area (Å²) in [6.07, 6.45) is 8.89. The van der Waals surface area contributed by atoms with E-state index in [4.69, 9.17) is 11.6 Å². The number of likely N-dealkylation sites (N-methyl/N-ethyl adjacent to an activating group) is 1. The van der Waals surface area contributed by atoms with Crippen LogP contribution in [0.25, 0.3) is 0 Å². The van der Waals surface area contributed by atoms with Crippen LogP contribution in [0.2, 0.25) is 5.02 Å². The molecule has 0 aliphatic heterocycles. The van der Waals surface area contributed by atoms with E-state index in [9.17, 15) is 4.79 Å². The standard InChI is InChI=1S/C20H28ClN7OS/c1-13-10-18(30-27-13)25-20-22-12-16(21)19(26-20)24-15-7-4-6-14(11-15)23-17(29)8-5-9-28(2)3/h5,8,10,12,14-15H,4,6-7,9,11H2,1-3H3,(H,23,29)(H2,22,24,25,26). The van der Waals surface area contributed by atoms with Gasteiger partial charge in [0.15, 0.2) is 5.82 Å². The fraction of sp³-hybridized carbons (Fsp3) is 0.500. The largest absolute Gasteiger partial charge is 0.366 e. The molecule has 2 atom stereocenters. The second-order valence-corrected chi connectivity index (χ2v) is 8.94. The quantitative estimate of drug-likeness (QED) is 0.530. The summed E-state index contributed by atoms with van der Waals surface area (Å²) in [5.74, 6) is 1.02. The van der Waals surface area contributed by atoms with Gasteiger partial charge in [0.05, 0.1) is 11.9 Å². The van der Waals surface area contributed by atoms with Gasteiger partial charge in [-0.05, 0) is 64.3 Å². The average molecular weight is 450 g/mol. The molecule has 3 N–H and O–H groups in total. The van der Waals surface area contributed by atoms with Crippen molar-refractivity contribution in [1.82, 2.24) is 24.6 Å². The third-order valence-corrected chi connectivity index (χ3v) is 5.78. The highest BCUT2D eigenvalue weighted by molar-refractivity contribution is 7.10. The monoisotopic (exact) mass is 449 g/mol. The molecular weight excluding hydrogens is 422 g/mol. The highest BCUT2D eigenvalue weighted by atomic mass is 35.5. The Morgan fingerprint density at radius 1 is 1.37 bits per heavy atom. The lowest BCUT2D eigenvalue weighted by Crippen LogP contribution is -2.41. The van der Waals surface area contributed by atoms with E-state index in [2.05, 4.69) is 30.3 Å². The van der Waals surface area contributed by atoms with Crippen molar-refractivity contribution in [3.8, 4) is 0 Å². The lowest BCUT2D eigenvalue weighted by Gasteiger charge is -2.30. The van der Waals surface area contributed by atoms with Crippen molar-refractivity contribution in [2.45, 2.75) is 44.7 Å². The number of amides is 1. The Balaban J connectivity index is 1.57. The van der Waals surface area contributed by atoms with E-state index >= 15 is 0 Å². The van der Waals surface area contributed by atoms with Gasteiger partial charge in [-0.1, -0.05) is 17.7 Å². The van der Waals surface area contributed by atoms with Crippen LogP contribution in [0.5, 0.6) is 0 Å². The maximum Gasteiger partial charge on any atom is 0.243 e. The minimum atomic E-state index is -0.0473. The number of nitrogens with one attached hydrogen (secondary N) is 3. The fourth-order valence-electron chi connectivity index (χ4n) is 3.33. The van der Waals surface area contributed by atoms with Gasteiger partial charge in [0.1, 0.15) is 10.0 Å². The van der Waals surface area contributed by atoms with Gasteiger partial charge < -0.3 is 20.9 Å². The Bertz CT molecular complexity index is 886. The van der Waals surface area contributed by atoms with E-state index in [0.29, 0.717) is 16.8 Å². The summed E-state index contributed by atoms with van der Waals surface area (Å²) < 4.78 is 4.25. The van der Waals surface area contributed by atoms with Gasteiger partial charge in [0, 0.05) is 24.7 Å². The molecule has 0 radical (unpaired) electrons. The predicted molar refractivity (Wildman–Crippen MR) is 123 cm³/mol. The van der Waals surface area contributed by atoms with Crippen LogP contribution in [0.4, 0.5) is 16.8 Å². The predicted octanol–water partition coefficient (Wildman–Crippen LogP) is 3.60. The normalized spacial score (nSPS) is 19.2. The molecule has 3 rings (SSSR count). The fourth-order valence-corrected chi connectivity index (χ4v) is 4.13. The SMILES string of the molecule is Cc1cc(Nc2ncc(Cl)c(NC3CCCC(NC(=O)C=CCN(C)C)C3)n2)sn1. The Morgan fingerprint density at radius 2 is 2.17 bits per heavy atom. The first kappa shape index (κ1) is 22.5. The summed E-state index contributed by atoms with van der Waals surface area (Å²) in [6.45, 7) is 2.68. The summed E-state index contributed by atoms with van der Waals surface area (Å²) in [7, 11) is 3.94. The number of nitrogens with zero attached hydrogens (tertiary/aromatic N) is 4. The minimum Gasteiger partial charge on any atom is -0.366 e.